The predicted octanol–water partition coefficient (Wildman–Crippen LogP) is 7.05. The van der Waals surface area contributed by atoms with Crippen molar-refractivity contribution in [3.05, 3.63) is 80.9 Å². The zero-order chi connectivity index (χ0) is 21.3. The second-order valence-corrected chi connectivity index (χ2v) is 8.53. The summed E-state index contributed by atoms with van der Waals surface area (Å²) >= 11 is 13.6. The molecule has 4 nitrogen and oxygen atoms in total. The molecule has 0 radical (unpaired) electrons. The van der Waals surface area contributed by atoms with Crippen LogP contribution in [-0.4, -0.2) is 23.0 Å². The standard InChI is InChI=1S/C23H18Cl2N2O2S/c1-3-14-6-4-5-7-19(14)26-23-27(2)22(28)21(30-23)13-16-9-11-20(29-16)17-10-8-15(24)12-18(17)25/h4-13H,3H2,1-2H3/b21-13+,26-23?. The highest BCUT2D eigenvalue weighted by Crippen LogP contribution is 2.36. The van der Waals surface area contributed by atoms with Crippen LogP contribution in [0.2, 0.25) is 10.0 Å². The van der Waals surface area contributed by atoms with Crippen molar-refractivity contribution in [1.29, 1.82) is 0 Å². The van der Waals surface area contributed by atoms with Crippen molar-refractivity contribution in [3.63, 3.8) is 0 Å². The molecule has 30 heavy (non-hydrogen) atoms. The van der Waals surface area contributed by atoms with E-state index in [9.17, 15) is 4.79 Å². The van der Waals surface area contributed by atoms with Gasteiger partial charge in [-0.25, -0.2) is 4.99 Å². The first kappa shape index (κ1) is 20.8. The van der Waals surface area contributed by atoms with Crippen LogP contribution >= 0.6 is 35.0 Å². The number of hydrogen-bond donors (Lipinski definition) is 0. The number of carbonyl (C=O) groups is 1. The van der Waals surface area contributed by atoms with E-state index in [0.29, 0.717) is 31.6 Å². The molecule has 1 saturated heterocycles. The largest absolute Gasteiger partial charge is 0.457 e. The minimum atomic E-state index is -0.116. The second kappa shape index (κ2) is 8.72. The molecular formula is C23H18Cl2N2O2S. The van der Waals surface area contributed by atoms with Crippen LogP contribution in [0.5, 0.6) is 0 Å². The minimum Gasteiger partial charge on any atom is -0.457 e. The Hall–Kier alpha value is -2.47. The molecule has 4 rings (SSSR count). The summed E-state index contributed by atoms with van der Waals surface area (Å²) in [7, 11) is 1.73. The van der Waals surface area contributed by atoms with E-state index >= 15 is 0 Å². The van der Waals surface area contributed by atoms with Crippen molar-refractivity contribution in [2.45, 2.75) is 13.3 Å². The first-order valence-corrected chi connectivity index (χ1v) is 10.9. The average molecular weight is 457 g/mol. The van der Waals surface area contributed by atoms with Crippen LogP contribution in [0, 0.1) is 0 Å². The third-order valence-corrected chi connectivity index (χ3v) is 6.30. The molecule has 0 N–H and O–H groups in total. The van der Waals surface area contributed by atoms with Gasteiger partial charge in [-0.05, 0) is 60.1 Å². The molecule has 0 unspecified atom stereocenters. The minimum absolute atomic E-state index is 0.116. The first-order chi connectivity index (χ1) is 14.5. The molecule has 0 atom stereocenters. The maximum absolute atomic E-state index is 12.7. The van der Waals surface area contributed by atoms with Gasteiger partial charge in [-0.1, -0.05) is 48.3 Å². The lowest BCUT2D eigenvalue weighted by Crippen LogP contribution is -2.23. The van der Waals surface area contributed by atoms with Crippen LogP contribution in [0.1, 0.15) is 18.2 Å². The van der Waals surface area contributed by atoms with Gasteiger partial charge in [-0.2, -0.15) is 0 Å². The van der Waals surface area contributed by atoms with Crippen molar-refractivity contribution in [1.82, 2.24) is 4.90 Å². The highest BCUT2D eigenvalue weighted by Gasteiger charge is 2.31. The third kappa shape index (κ3) is 4.19. The molecule has 2 aromatic carbocycles. The maximum Gasteiger partial charge on any atom is 0.266 e. The van der Waals surface area contributed by atoms with E-state index in [1.165, 1.54) is 11.8 Å². The fourth-order valence-corrected chi connectivity index (χ4v) is 4.53. The number of carbonyl (C=O) groups excluding carboxylic acids is 1. The zero-order valence-electron chi connectivity index (χ0n) is 16.4. The Kier molecular flexibility index (Phi) is 6.04. The molecule has 0 spiro atoms. The van der Waals surface area contributed by atoms with Crippen molar-refractivity contribution >= 4 is 57.8 Å². The molecular weight excluding hydrogens is 439 g/mol. The number of likely N-dealkylation sites (N-methyl/N-ethyl adjacent to an activating group) is 1. The highest BCUT2D eigenvalue weighted by atomic mass is 35.5. The van der Waals surface area contributed by atoms with E-state index in [1.807, 2.05) is 36.4 Å². The number of hydrogen-bond acceptors (Lipinski definition) is 4. The lowest BCUT2D eigenvalue weighted by Gasteiger charge is -2.08. The second-order valence-electron chi connectivity index (χ2n) is 6.68. The summed E-state index contributed by atoms with van der Waals surface area (Å²) < 4.78 is 5.90. The van der Waals surface area contributed by atoms with Crippen LogP contribution in [0.3, 0.4) is 0 Å². The zero-order valence-corrected chi connectivity index (χ0v) is 18.7. The molecule has 0 bridgehead atoms. The van der Waals surface area contributed by atoms with Gasteiger partial charge in [0.2, 0.25) is 0 Å². The Bertz CT molecular complexity index is 1180. The monoisotopic (exact) mass is 456 g/mol. The van der Waals surface area contributed by atoms with Gasteiger partial charge < -0.3 is 4.42 Å². The summed E-state index contributed by atoms with van der Waals surface area (Å²) in [4.78, 5) is 19.5. The molecule has 152 valence electrons. The van der Waals surface area contributed by atoms with E-state index < -0.39 is 0 Å². The van der Waals surface area contributed by atoms with Crippen molar-refractivity contribution < 1.29 is 9.21 Å². The number of benzene rings is 2. The Morgan fingerprint density at radius 2 is 1.93 bits per heavy atom. The fraction of sp³-hybridized carbons (Fsp3) is 0.130. The van der Waals surface area contributed by atoms with Gasteiger partial charge in [-0.3, -0.25) is 9.69 Å². The number of thioether (sulfide) groups is 1. The number of amidine groups is 1. The van der Waals surface area contributed by atoms with Gasteiger partial charge in [0.05, 0.1) is 15.6 Å². The smallest absolute Gasteiger partial charge is 0.266 e. The number of aliphatic imine (C=N–C) groups is 1. The number of amides is 1. The highest BCUT2D eigenvalue weighted by molar-refractivity contribution is 8.18. The van der Waals surface area contributed by atoms with Gasteiger partial charge in [0, 0.05) is 23.7 Å². The van der Waals surface area contributed by atoms with E-state index in [2.05, 4.69) is 6.92 Å². The van der Waals surface area contributed by atoms with Crippen LogP contribution in [0.25, 0.3) is 17.4 Å². The Balaban J connectivity index is 1.61. The quantitative estimate of drug-likeness (QED) is 0.395. The molecule has 0 aliphatic carbocycles. The van der Waals surface area contributed by atoms with E-state index in [1.54, 1.807) is 36.2 Å². The number of aryl methyl sites for hydroxylation is 1. The molecule has 1 aliphatic rings. The van der Waals surface area contributed by atoms with Crippen molar-refractivity contribution in [2.24, 2.45) is 4.99 Å². The summed E-state index contributed by atoms with van der Waals surface area (Å²) in [5.74, 6) is 1.06. The number of furan rings is 1. The molecule has 0 saturated carbocycles. The number of nitrogens with zero attached hydrogens (tertiary/aromatic N) is 2. The van der Waals surface area contributed by atoms with E-state index in [0.717, 1.165) is 23.2 Å². The summed E-state index contributed by atoms with van der Waals surface area (Å²) in [6, 6.07) is 16.8. The summed E-state index contributed by atoms with van der Waals surface area (Å²) in [5, 5.41) is 1.70. The van der Waals surface area contributed by atoms with Crippen molar-refractivity contribution in [3.8, 4) is 11.3 Å². The van der Waals surface area contributed by atoms with Crippen LogP contribution in [-0.2, 0) is 11.2 Å². The normalized spacial score (nSPS) is 16.8. The summed E-state index contributed by atoms with van der Waals surface area (Å²) in [5.41, 5.74) is 2.76. The molecule has 2 heterocycles. The van der Waals surface area contributed by atoms with Gasteiger partial charge >= 0.3 is 0 Å². The molecule has 1 aromatic heterocycles. The lowest BCUT2D eigenvalue weighted by atomic mass is 10.1. The maximum atomic E-state index is 12.7. The van der Waals surface area contributed by atoms with Gasteiger partial charge in [0.25, 0.3) is 5.91 Å². The molecule has 1 fully saturated rings. The SMILES string of the molecule is CCc1ccccc1N=C1S/C(=C/c2ccc(-c3ccc(Cl)cc3Cl)o2)C(=O)N1C. The third-order valence-electron chi connectivity index (χ3n) is 4.69. The molecule has 1 amide bonds. The number of para-hydroxylation sites is 1. The number of halogens is 2. The molecule has 3 aromatic rings. The van der Waals surface area contributed by atoms with Crippen LogP contribution < -0.4 is 0 Å². The topological polar surface area (TPSA) is 45.8 Å². The number of rotatable bonds is 4. The van der Waals surface area contributed by atoms with E-state index in [4.69, 9.17) is 32.6 Å². The summed E-state index contributed by atoms with van der Waals surface area (Å²) in [6.07, 6.45) is 2.60. The first-order valence-electron chi connectivity index (χ1n) is 9.35. The van der Waals surface area contributed by atoms with Gasteiger partial charge in [-0.15, -0.1) is 0 Å². The fourth-order valence-electron chi connectivity index (χ4n) is 3.07. The van der Waals surface area contributed by atoms with E-state index in [-0.39, 0.29) is 5.91 Å². The van der Waals surface area contributed by atoms with Gasteiger partial charge in [0.15, 0.2) is 5.17 Å². The average Bonchev–Trinajstić information content (AvgIpc) is 3.29. The van der Waals surface area contributed by atoms with Gasteiger partial charge in [0.1, 0.15) is 11.5 Å². The lowest BCUT2D eigenvalue weighted by molar-refractivity contribution is -0.121. The molecule has 1 aliphatic heterocycles. The van der Waals surface area contributed by atoms with Crippen molar-refractivity contribution in [2.75, 3.05) is 7.05 Å². The Morgan fingerprint density at radius 3 is 2.70 bits per heavy atom. The summed E-state index contributed by atoms with van der Waals surface area (Å²) in [6.45, 7) is 2.09. The van der Waals surface area contributed by atoms with Crippen LogP contribution in [0.15, 0.2) is 68.9 Å². The predicted molar refractivity (Wildman–Crippen MR) is 125 cm³/mol. The molecule has 7 heteroatoms. The Labute approximate surface area is 189 Å². The Morgan fingerprint density at radius 1 is 1.13 bits per heavy atom. The van der Waals surface area contributed by atoms with Crippen LogP contribution in [0.4, 0.5) is 5.69 Å².